The third kappa shape index (κ3) is 2.48. The van der Waals surface area contributed by atoms with E-state index < -0.39 is 24.7 Å². The standard InChI is InChI=1S/C10H12F3N/c1-6(14)8-4-2-3-7(10(8)13)5-9(11)12/h2-4,6,9H,5,14H2,1H3. The molecule has 0 bridgehead atoms. The van der Waals surface area contributed by atoms with Crippen molar-refractivity contribution in [3.63, 3.8) is 0 Å². The Morgan fingerprint density at radius 1 is 1.36 bits per heavy atom. The van der Waals surface area contributed by atoms with E-state index >= 15 is 0 Å². The zero-order valence-corrected chi connectivity index (χ0v) is 7.81. The van der Waals surface area contributed by atoms with Gasteiger partial charge in [0.1, 0.15) is 5.82 Å². The molecular formula is C10H12F3N. The van der Waals surface area contributed by atoms with Crippen molar-refractivity contribution in [3.8, 4) is 0 Å². The first-order chi connectivity index (χ1) is 6.52. The van der Waals surface area contributed by atoms with Crippen LogP contribution in [0.4, 0.5) is 13.2 Å². The molecule has 0 saturated heterocycles. The third-order valence-corrected chi connectivity index (χ3v) is 1.97. The van der Waals surface area contributed by atoms with Crippen molar-refractivity contribution in [3.05, 3.63) is 35.1 Å². The second kappa shape index (κ2) is 4.46. The first kappa shape index (κ1) is 11.0. The molecule has 4 heteroatoms. The lowest BCUT2D eigenvalue weighted by Gasteiger charge is -2.10. The summed E-state index contributed by atoms with van der Waals surface area (Å²) < 4.78 is 37.5. The van der Waals surface area contributed by atoms with E-state index in [1.165, 1.54) is 12.1 Å². The number of hydrogen-bond donors (Lipinski definition) is 1. The summed E-state index contributed by atoms with van der Waals surface area (Å²) in [4.78, 5) is 0. The van der Waals surface area contributed by atoms with E-state index in [2.05, 4.69) is 0 Å². The molecule has 0 fully saturated rings. The summed E-state index contributed by atoms with van der Waals surface area (Å²) in [6.07, 6.45) is -3.10. The molecule has 0 aliphatic heterocycles. The molecule has 1 nitrogen and oxygen atoms in total. The van der Waals surface area contributed by atoms with Crippen LogP contribution in [0.15, 0.2) is 18.2 Å². The van der Waals surface area contributed by atoms with Gasteiger partial charge in [0.25, 0.3) is 0 Å². The lowest BCUT2D eigenvalue weighted by atomic mass is 10.0. The van der Waals surface area contributed by atoms with E-state index in [0.29, 0.717) is 0 Å². The predicted molar refractivity (Wildman–Crippen MR) is 48.7 cm³/mol. The highest BCUT2D eigenvalue weighted by Crippen LogP contribution is 2.20. The maximum Gasteiger partial charge on any atom is 0.242 e. The Balaban J connectivity index is 3.01. The number of benzene rings is 1. The van der Waals surface area contributed by atoms with Crippen LogP contribution in [0.3, 0.4) is 0 Å². The molecule has 1 rings (SSSR count). The smallest absolute Gasteiger partial charge is 0.242 e. The highest BCUT2D eigenvalue weighted by Gasteiger charge is 2.14. The van der Waals surface area contributed by atoms with Crippen LogP contribution in [0.25, 0.3) is 0 Å². The maximum atomic E-state index is 13.5. The van der Waals surface area contributed by atoms with Crippen molar-refractivity contribution >= 4 is 0 Å². The van der Waals surface area contributed by atoms with Gasteiger partial charge in [-0.15, -0.1) is 0 Å². The quantitative estimate of drug-likeness (QED) is 0.802. The van der Waals surface area contributed by atoms with Crippen molar-refractivity contribution in [2.45, 2.75) is 25.8 Å². The minimum Gasteiger partial charge on any atom is -0.324 e. The Bertz CT molecular complexity index is 310. The van der Waals surface area contributed by atoms with Crippen molar-refractivity contribution in [1.29, 1.82) is 0 Å². The van der Waals surface area contributed by atoms with Gasteiger partial charge in [0, 0.05) is 18.0 Å². The molecule has 2 N–H and O–H groups in total. The minimum atomic E-state index is -2.53. The van der Waals surface area contributed by atoms with Crippen LogP contribution in [0.1, 0.15) is 24.1 Å². The Labute approximate surface area is 80.7 Å². The van der Waals surface area contributed by atoms with Crippen LogP contribution in [0.2, 0.25) is 0 Å². The second-order valence-electron chi connectivity index (χ2n) is 3.20. The predicted octanol–water partition coefficient (Wildman–Crippen LogP) is 2.65. The molecule has 0 aromatic heterocycles. The largest absolute Gasteiger partial charge is 0.324 e. The Morgan fingerprint density at radius 3 is 2.50 bits per heavy atom. The van der Waals surface area contributed by atoms with Gasteiger partial charge in [-0.3, -0.25) is 0 Å². The van der Waals surface area contributed by atoms with Gasteiger partial charge >= 0.3 is 0 Å². The highest BCUT2D eigenvalue weighted by atomic mass is 19.3. The highest BCUT2D eigenvalue weighted by molar-refractivity contribution is 5.28. The molecule has 0 aliphatic carbocycles. The molecule has 1 atom stereocenters. The topological polar surface area (TPSA) is 26.0 Å². The summed E-state index contributed by atoms with van der Waals surface area (Å²) in [6, 6.07) is 3.93. The third-order valence-electron chi connectivity index (χ3n) is 1.97. The van der Waals surface area contributed by atoms with Gasteiger partial charge in [-0.05, 0) is 12.5 Å². The van der Waals surface area contributed by atoms with Crippen molar-refractivity contribution in [2.75, 3.05) is 0 Å². The van der Waals surface area contributed by atoms with Crippen molar-refractivity contribution in [1.82, 2.24) is 0 Å². The summed E-state index contributed by atoms with van der Waals surface area (Å²) >= 11 is 0. The first-order valence-electron chi connectivity index (χ1n) is 4.33. The molecule has 78 valence electrons. The second-order valence-corrected chi connectivity index (χ2v) is 3.20. The SMILES string of the molecule is CC(N)c1cccc(CC(F)F)c1F. The van der Waals surface area contributed by atoms with Crippen LogP contribution in [-0.2, 0) is 6.42 Å². The van der Waals surface area contributed by atoms with Crippen molar-refractivity contribution < 1.29 is 13.2 Å². The van der Waals surface area contributed by atoms with Gasteiger partial charge in [0.05, 0.1) is 0 Å². The van der Waals surface area contributed by atoms with Gasteiger partial charge < -0.3 is 5.73 Å². The van der Waals surface area contributed by atoms with E-state index in [4.69, 9.17) is 5.73 Å². The van der Waals surface area contributed by atoms with Crippen LogP contribution in [-0.4, -0.2) is 6.43 Å². The van der Waals surface area contributed by atoms with E-state index in [9.17, 15) is 13.2 Å². The zero-order valence-electron chi connectivity index (χ0n) is 7.81. The molecule has 14 heavy (non-hydrogen) atoms. The Hall–Kier alpha value is -1.03. The molecule has 1 aromatic carbocycles. The van der Waals surface area contributed by atoms with Crippen molar-refractivity contribution in [2.24, 2.45) is 5.73 Å². The number of hydrogen-bond acceptors (Lipinski definition) is 1. The lowest BCUT2D eigenvalue weighted by molar-refractivity contribution is 0.147. The van der Waals surface area contributed by atoms with Gasteiger partial charge in [0.2, 0.25) is 6.43 Å². The fraction of sp³-hybridized carbons (Fsp3) is 0.400. The minimum absolute atomic E-state index is 0.0230. The van der Waals surface area contributed by atoms with Gasteiger partial charge in [-0.25, -0.2) is 13.2 Å². The van der Waals surface area contributed by atoms with E-state index in [1.54, 1.807) is 13.0 Å². The summed E-state index contributed by atoms with van der Waals surface area (Å²) in [7, 11) is 0. The summed E-state index contributed by atoms with van der Waals surface area (Å²) in [5.74, 6) is -0.609. The van der Waals surface area contributed by atoms with Crippen LogP contribution in [0, 0.1) is 5.82 Å². The first-order valence-corrected chi connectivity index (χ1v) is 4.33. The average Bonchev–Trinajstić information content (AvgIpc) is 2.07. The molecule has 0 aliphatic rings. The van der Waals surface area contributed by atoms with Gasteiger partial charge in [-0.2, -0.15) is 0 Å². The van der Waals surface area contributed by atoms with E-state index in [0.717, 1.165) is 0 Å². The maximum absolute atomic E-state index is 13.5. The zero-order chi connectivity index (χ0) is 10.7. The van der Waals surface area contributed by atoms with Crippen LogP contribution < -0.4 is 5.73 Å². The fourth-order valence-corrected chi connectivity index (χ4v) is 1.28. The van der Waals surface area contributed by atoms with Crippen LogP contribution in [0.5, 0.6) is 0 Å². The molecule has 0 amide bonds. The summed E-state index contributed by atoms with van der Waals surface area (Å²) in [6.45, 7) is 1.62. The van der Waals surface area contributed by atoms with Crippen LogP contribution >= 0.6 is 0 Å². The molecular weight excluding hydrogens is 191 g/mol. The molecule has 0 spiro atoms. The number of alkyl halides is 2. The monoisotopic (exact) mass is 203 g/mol. The average molecular weight is 203 g/mol. The molecule has 1 aromatic rings. The molecule has 0 radical (unpaired) electrons. The Morgan fingerprint density at radius 2 is 2.00 bits per heavy atom. The summed E-state index contributed by atoms with van der Waals surface area (Å²) in [5, 5.41) is 0. The number of halogens is 3. The molecule has 1 unspecified atom stereocenters. The van der Waals surface area contributed by atoms with E-state index in [1.807, 2.05) is 0 Å². The fourth-order valence-electron chi connectivity index (χ4n) is 1.28. The van der Waals surface area contributed by atoms with Gasteiger partial charge in [-0.1, -0.05) is 18.2 Å². The number of rotatable bonds is 3. The van der Waals surface area contributed by atoms with E-state index in [-0.39, 0.29) is 11.1 Å². The summed E-state index contributed by atoms with van der Waals surface area (Å²) in [5.41, 5.74) is 5.79. The normalized spacial score (nSPS) is 13.3. The number of nitrogens with two attached hydrogens (primary N) is 1. The Kier molecular flexibility index (Phi) is 3.52. The molecule has 0 heterocycles. The van der Waals surface area contributed by atoms with Gasteiger partial charge in [0.15, 0.2) is 0 Å². The lowest BCUT2D eigenvalue weighted by Crippen LogP contribution is -2.10. The molecule has 0 saturated carbocycles.